The Morgan fingerprint density at radius 3 is 2.55 bits per heavy atom. The number of hydrogen-bond donors (Lipinski definition) is 1. The van der Waals surface area contributed by atoms with Gasteiger partial charge in [0.1, 0.15) is 0 Å². The van der Waals surface area contributed by atoms with Gasteiger partial charge in [-0.25, -0.2) is 0 Å². The third-order valence-electron chi connectivity index (χ3n) is 5.06. The second-order valence-corrected chi connectivity index (χ2v) is 6.65. The lowest BCUT2D eigenvalue weighted by Gasteiger charge is -2.38. The van der Waals surface area contributed by atoms with Gasteiger partial charge in [-0.05, 0) is 31.1 Å². The van der Waals surface area contributed by atoms with E-state index in [1.54, 1.807) is 0 Å². The molecule has 1 aliphatic heterocycles. The van der Waals surface area contributed by atoms with E-state index in [0.717, 1.165) is 44.1 Å². The Morgan fingerprint density at radius 2 is 1.90 bits per heavy atom. The highest BCUT2D eigenvalue weighted by molar-refractivity contribution is 5.85. The van der Waals surface area contributed by atoms with Gasteiger partial charge >= 0.3 is 0 Å². The van der Waals surface area contributed by atoms with E-state index in [1.165, 1.54) is 32.1 Å². The first-order valence-corrected chi connectivity index (χ1v) is 8.20. The van der Waals surface area contributed by atoms with Gasteiger partial charge in [-0.2, -0.15) is 0 Å². The molecule has 2 atom stereocenters. The number of nitrogens with two attached hydrogens (primary N) is 1. The standard InChI is InChI=1S/C16H30N2O.ClH/c1-13-9-10-18(15(11-13)12-17)16(19)8-7-14-5-3-2-4-6-14;/h13-15H,2-12,17H2,1H3;1H. The van der Waals surface area contributed by atoms with E-state index >= 15 is 0 Å². The fraction of sp³-hybridized carbons (Fsp3) is 0.938. The molecule has 2 fully saturated rings. The number of nitrogens with zero attached hydrogens (tertiary/aromatic N) is 1. The SMILES string of the molecule is CC1CCN(C(=O)CCC2CCCCC2)C(CN)C1.Cl. The lowest BCUT2D eigenvalue weighted by Crippen LogP contribution is -2.49. The average Bonchev–Trinajstić information content (AvgIpc) is 2.45. The lowest BCUT2D eigenvalue weighted by atomic mass is 9.85. The highest BCUT2D eigenvalue weighted by Gasteiger charge is 2.29. The average molecular weight is 303 g/mol. The zero-order chi connectivity index (χ0) is 13.7. The number of piperidine rings is 1. The van der Waals surface area contributed by atoms with E-state index in [0.29, 0.717) is 18.5 Å². The highest BCUT2D eigenvalue weighted by atomic mass is 35.5. The number of carbonyl (C=O) groups excluding carboxylic acids is 1. The Hall–Kier alpha value is -0.280. The largest absolute Gasteiger partial charge is 0.338 e. The number of likely N-dealkylation sites (tertiary alicyclic amines) is 1. The van der Waals surface area contributed by atoms with Crippen LogP contribution in [-0.2, 0) is 4.79 Å². The summed E-state index contributed by atoms with van der Waals surface area (Å²) in [6.45, 7) is 3.82. The van der Waals surface area contributed by atoms with E-state index < -0.39 is 0 Å². The zero-order valence-electron chi connectivity index (χ0n) is 12.9. The number of carbonyl (C=O) groups is 1. The van der Waals surface area contributed by atoms with Gasteiger partial charge in [-0.3, -0.25) is 4.79 Å². The van der Waals surface area contributed by atoms with Crippen molar-refractivity contribution in [1.82, 2.24) is 4.90 Å². The monoisotopic (exact) mass is 302 g/mol. The van der Waals surface area contributed by atoms with E-state index in [-0.39, 0.29) is 12.4 Å². The smallest absolute Gasteiger partial charge is 0.222 e. The van der Waals surface area contributed by atoms with Gasteiger partial charge < -0.3 is 10.6 Å². The van der Waals surface area contributed by atoms with Crippen LogP contribution >= 0.6 is 12.4 Å². The Kier molecular flexibility index (Phi) is 7.90. The third kappa shape index (κ3) is 4.92. The first-order valence-electron chi connectivity index (χ1n) is 8.20. The molecule has 2 rings (SSSR count). The van der Waals surface area contributed by atoms with Gasteiger partial charge in [0.15, 0.2) is 0 Å². The highest BCUT2D eigenvalue weighted by Crippen LogP contribution is 2.28. The predicted octanol–water partition coefficient (Wildman–Crippen LogP) is 3.35. The van der Waals surface area contributed by atoms with Crippen molar-refractivity contribution in [2.24, 2.45) is 17.6 Å². The van der Waals surface area contributed by atoms with Gasteiger partial charge in [-0.1, -0.05) is 39.0 Å². The second-order valence-electron chi connectivity index (χ2n) is 6.65. The number of amides is 1. The van der Waals surface area contributed by atoms with E-state index in [1.807, 2.05) is 0 Å². The molecule has 0 spiro atoms. The van der Waals surface area contributed by atoms with Crippen LogP contribution < -0.4 is 5.73 Å². The van der Waals surface area contributed by atoms with Crippen LogP contribution in [0.4, 0.5) is 0 Å². The van der Waals surface area contributed by atoms with Gasteiger partial charge in [0.05, 0.1) is 0 Å². The van der Waals surface area contributed by atoms with Gasteiger partial charge in [0.2, 0.25) is 5.91 Å². The molecule has 2 N–H and O–H groups in total. The number of rotatable bonds is 4. The second kappa shape index (κ2) is 8.89. The van der Waals surface area contributed by atoms with Crippen molar-refractivity contribution < 1.29 is 4.79 Å². The quantitative estimate of drug-likeness (QED) is 0.865. The molecule has 3 nitrogen and oxygen atoms in total. The van der Waals surface area contributed by atoms with E-state index in [9.17, 15) is 4.79 Å². The van der Waals surface area contributed by atoms with Crippen LogP contribution in [0, 0.1) is 11.8 Å². The Morgan fingerprint density at radius 1 is 1.20 bits per heavy atom. The molecule has 0 aromatic carbocycles. The molecule has 1 aliphatic carbocycles. The van der Waals surface area contributed by atoms with Crippen molar-refractivity contribution in [2.45, 2.75) is 70.8 Å². The van der Waals surface area contributed by atoms with Crippen LogP contribution in [0.2, 0.25) is 0 Å². The first kappa shape index (κ1) is 17.8. The fourth-order valence-corrected chi connectivity index (χ4v) is 3.75. The summed E-state index contributed by atoms with van der Waals surface area (Å²) < 4.78 is 0. The van der Waals surface area contributed by atoms with E-state index in [2.05, 4.69) is 11.8 Å². The summed E-state index contributed by atoms with van der Waals surface area (Å²) in [5.74, 6) is 1.88. The molecule has 20 heavy (non-hydrogen) atoms. The molecule has 1 amide bonds. The van der Waals surface area contributed by atoms with E-state index in [4.69, 9.17) is 5.73 Å². The lowest BCUT2D eigenvalue weighted by molar-refractivity contribution is -0.135. The van der Waals surface area contributed by atoms with Crippen LogP contribution in [-0.4, -0.2) is 29.9 Å². The van der Waals surface area contributed by atoms with Crippen molar-refractivity contribution >= 4 is 18.3 Å². The van der Waals surface area contributed by atoms with Crippen molar-refractivity contribution in [3.8, 4) is 0 Å². The molecule has 118 valence electrons. The van der Waals surface area contributed by atoms with Crippen LogP contribution in [0.15, 0.2) is 0 Å². The molecule has 0 radical (unpaired) electrons. The molecule has 0 aromatic rings. The summed E-state index contributed by atoms with van der Waals surface area (Å²) >= 11 is 0. The maximum Gasteiger partial charge on any atom is 0.222 e. The summed E-state index contributed by atoms with van der Waals surface area (Å²) in [7, 11) is 0. The van der Waals surface area contributed by atoms with Crippen LogP contribution in [0.25, 0.3) is 0 Å². The van der Waals surface area contributed by atoms with Crippen molar-refractivity contribution in [1.29, 1.82) is 0 Å². The predicted molar refractivity (Wildman–Crippen MR) is 86.0 cm³/mol. The molecule has 0 bridgehead atoms. The molecule has 2 unspecified atom stereocenters. The van der Waals surface area contributed by atoms with Crippen molar-refractivity contribution in [2.75, 3.05) is 13.1 Å². The Bertz CT molecular complexity index is 292. The summed E-state index contributed by atoms with van der Waals surface area (Å²) in [5.41, 5.74) is 5.84. The third-order valence-corrected chi connectivity index (χ3v) is 5.06. The molecule has 2 aliphatic rings. The Labute approximate surface area is 130 Å². The first-order chi connectivity index (χ1) is 9.20. The molecule has 0 aromatic heterocycles. The minimum Gasteiger partial charge on any atom is -0.338 e. The number of halogens is 1. The van der Waals surface area contributed by atoms with Gasteiger partial charge in [0.25, 0.3) is 0 Å². The Balaban J connectivity index is 0.00000200. The normalized spacial score (nSPS) is 28.0. The summed E-state index contributed by atoms with van der Waals surface area (Å²) in [6.07, 6.45) is 10.9. The molecule has 1 saturated heterocycles. The molecular formula is C16H31ClN2O. The van der Waals surface area contributed by atoms with Crippen LogP contribution in [0.1, 0.15) is 64.7 Å². The van der Waals surface area contributed by atoms with Crippen molar-refractivity contribution in [3.05, 3.63) is 0 Å². The van der Waals surface area contributed by atoms with Crippen LogP contribution in [0.5, 0.6) is 0 Å². The number of hydrogen-bond acceptors (Lipinski definition) is 2. The molecule has 1 saturated carbocycles. The molecular weight excluding hydrogens is 272 g/mol. The molecule has 1 heterocycles. The minimum atomic E-state index is 0. The van der Waals surface area contributed by atoms with Crippen molar-refractivity contribution in [3.63, 3.8) is 0 Å². The maximum absolute atomic E-state index is 12.4. The fourth-order valence-electron chi connectivity index (χ4n) is 3.75. The summed E-state index contributed by atoms with van der Waals surface area (Å²) in [4.78, 5) is 14.5. The van der Waals surface area contributed by atoms with Gasteiger partial charge in [-0.15, -0.1) is 12.4 Å². The minimum absolute atomic E-state index is 0. The maximum atomic E-state index is 12.4. The topological polar surface area (TPSA) is 46.3 Å². The van der Waals surface area contributed by atoms with Gasteiger partial charge in [0, 0.05) is 25.6 Å². The summed E-state index contributed by atoms with van der Waals surface area (Å²) in [5, 5.41) is 0. The summed E-state index contributed by atoms with van der Waals surface area (Å²) in [6, 6.07) is 0.294. The van der Waals surface area contributed by atoms with Crippen LogP contribution in [0.3, 0.4) is 0 Å². The molecule has 4 heteroatoms. The zero-order valence-corrected chi connectivity index (χ0v) is 13.7.